The SMILES string of the molecule is Cc1cc(C)c(C2C(=O)CC(CCNC(O)c3c(Cl)nn(C)c3Cl)C2=O)c(C)c1. The van der Waals surface area contributed by atoms with Crippen molar-refractivity contribution in [2.24, 2.45) is 13.0 Å². The molecule has 156 valence electrons. The number of halogens is 2. The van der Waals surface area contributed by atoms with Crippen LogP contribution in [0.3, 0.4) is 0 Å². The summed E-state index contributed by atoms with van der Waals surface area (Å²) in [5.74, 6) is -1.13. The zero-order valence-electron chi connectivity index (χ0n) is 16.9. The van der Waals surface area contributed by atoms with Gasteiger partial charge >= 0.3 is 0 Å². The first-order valence-electron chi connectivity index (χ1n) is 9.55. The van der Waals surface area contributed by atoms with E-state index in [9.17, 15) is 14.7 Å². The zero-order valence-corrected chi connectivity index (χ0v) is 18.4. The fourth-order valence-corrected chi connectivity index (χ4v) is 4.85. The number of aryl methyl sites for hydroxylation is 4. The van der Waals surface area contributed by atoms with Crippen molar-refractivity contribution in [3.05, 3.63) is 50.3 Å². The Bertz CT molecular complexity index is 947. The molecular formula is C21H25Cl2N3O3. The normalized spacial score (nSPS) is 20.5. The maximum absolute atomic E-state index is 13.0. The summed E-state index contributed by atoms with van der Waals surface area (Å²) in [7, 11) is 1.63. The third kappa shape index (κ3) is 4.26. The molecular weight excluding hydrogens is 413 g/mol. The molecule has 1 saturated carbocycles. The number of aromatic nitrogens is 2. The minimum Gasteiger partial charge on any atom is -0.374 e. The number of carbonyl (C=O) groups is 2. The number of rotatable bonds is 6. The van der Waals surface area contributed by atoms with E-state index in [0.29, 0.717) is 18.5 Å². The van der Waals surface area contributed by atoms with E-state index < -0.39 is 12.1 Å². The van der Waals surface area contributed by atoms with Crippen molar-refractivity contribution in [1.29, 1.82) is 0 Å². The number of nitrogens with zero attached hydrogens (tertiary/aromatic N) is 2. The quantitative estimate of drug-likeness (QED) is 0.532. The molecule has 0 aliphatic heterocycles. The third-order valence-corrected chi connectivity index (χ3v) is 6.28. The maximum Gasteiger partial charge on any atom is 0.159 e. The number of carbonyl (C=O) groups excluding carboxylic acids is 2. The summed E-state index contributed by atoms with van der Waals surface area (Å²) in [6.45, 7) is 6.23. The molecule has 1 aliphatic carbocycles. The molecule has 2 N–H and O–H groups in total. The van der Waals surface area contributed by atoms with Gasteiger partial charge in [0.15, 0.2) is 10.9 Å². The summed E-state index contributed by atoms with van der Waals surface area (Å²) in [5.41, 5.74) is 4.21. The van der Waals surface area contributed by atoms with Crippen LogP contribution in [-0.2, 0) is 16.6 Å². The van der Waals surface area contributed by atoms with Crippen molar-refractivity contribution >= 4 is 34.8 Å². The Morgan fingerprint density at radius 3 is 2.41 bits per heavy atom. The number of hydrogen-bond acceptors (Lipinski definition) is 5. The monoisotopic (exact) mass is 437 g/mol. The highest BCUT2D eigenvalue weighted by atomic mass is 35.5. The molecule has 8 heteroatoms. The average Bonchev–Trinajstić information content (AvgIpc) is 3.03. The molecule has 0 spiro atoms. The predicted octanol–water partition coefficient (Wildman–Crippen LogP) is 3.56. The molecule has 3 rings (SSSR count). The minimum atomic E-state index is -1.10. The number of hydrogen-bond donors (Lipinski definition) is 2. The molecule has 1 aromatic carbocycles. The number of ketones is 2. The molecule has 6 nitrogen and oxygen atoms in total. The Balaban J connectivity index is 1.67. The van der Waals surface area contributed by atoms with Crippen molar-refractivity contribution in [2.75, 3.05) is 6.54 Å². The molecule has 3 atom stereocenters. The van der Waals surface area contributed by atoms with Crippen LogP contribution >= 0.6 is 23.2 Å². The van der Waals surface area contributed by atoms with Gasteiger partial charge in [0, 0.05) is 19.4 Å². The van der Waals surface area contributed by atoms with Gasteiger partial charge in [0.05, 0.1) is 5.56 Å². The van der Waals surface area contributed by atoms with Crippen LogP contribution < -0.4 is 5.32 Å². The highest BCUT2D eigenvalue weighted by molar-refractivity contribution is 6.35. The lowest BCUT2D eigenvalue weighted by Gasteiger charge is -2.17. The Hall–Kier alpha value is -1.73. The number of nitrogens with one attached hydrogen (secondary N) is 1. The standard InChI is InChI=1S/C21H25Cl2N3O3/c1-10-7-11(2)15(12(3)8-10)16-14(27)9-13(18(16)28)5-6-24-21(29)17-19(22)25-26(4)20(17)23/h7-8,13,16,21,24,29H,5-6,9H2,1-4H3. The lowest BCUT2D eigenvalue weighted by Crippen LogP contribution is -2.25. The van der Waals surface area contributed by atoms with Gasteiger partial charge in [-0.25, -0.2) is 0 Å². The average molecular weight is 438 g/mol. The Morgan fingerprint density at radius 1 is 1.24 bits per heavy atom. The van der Waals surface area contributed by atoms with Gasteiger partial charge < -0.3 is 5.11 Å². The number of aliphatic hydroxyl groups excluding tert-OH is 1. The van der Waals surface area contributed by atoms with E-state index in [2.05, 4.69) is 10.4 Å². The first-order valence-corrected chi connectivity index (χ1v) is 10.3. The largest absolute Gasteiger partial charge is 0.374 e. The molecule has 1 aromatic heterocycles. The van der Waals surface area contributed by atoms with Gasteiger partial charge in [-0.05, 0) is 50.4 Å². The molecule has 2 aromatic rings. The van der Waals surface area contributed by atoms with Crippen LogP contribution in [0.2, 0.25) is 10.3 Å². The van der Waals surface area contributed by atoms with E-state index in [1.807, 2.05) is 32.9 Å². The van der Waals surface area contributed by atoms with Gasteiger partial charge in [0.1, 0.15) is 23.1 Å². The summed E-state index contributed by atoms with van der Waals surface area (Å²) in [5, 5.41) is 17.6. The van der Waals surface area contributed by atoms with Crippen molar-refractivity contribution in [2.45, 2.75) is 45.8 Å². The van der Waals surface area contributed by atoms with E-state index >= 15 is 0 Å². The van der Waals surface area contributed by atoms with Gasteiger partial charge in [-0.3, -0.25) is 19.6 Å². The molecule has 0 radical (unpaired) electrons. The predicted molar refractivity (Wildman–Crippen MR) is 112 cm³/mol. The van der Waals surface area contributed by atoms with Crippen LogP contribution in [0.15, 0.2) is 12.1 Å². The Morgan fingerprint density at radius 2 is 1.86 bits per heavy atom. The summed E-state index contributed by atoms with van der Waals surface area (Å²) in [4.78, 5) is 25.7. The second-order valence-electron chi connectivity index (χ2n) is 7.78. The first kappa shape index (κ1) is 22.0. The Labute approximate surface area is 180 Å². The fraction of sp³-hybridized carbons (Fsp3) is 0.476. The molecule has 0 amide bonds. The zero-order chi connectivity index (χ0) is 21.5. The molecule has 1 heterocycles. The van der Waals surface area contributed by atoms with Crippen LogP contribution in [0.4, 0.5) is 0 Å². The van der Waals surface area contributed by atoms with Crippen molar-refractivity contribution in [3.63, 3.8) is 0 Å². The smallest absolute Gasteiger partial charge is 0.159 e. The van der Waals surface area contributed by atoms with E-state index in [1.54, 1.807) is 7.05 Å². The van der Waals surface area contributed by atoms with E-state index in [4.69, 9.17) is 23.2 Å². The lowest BCUT2D eigenvalue weighted by molar-refractivity contribution is -0.124. The number of Topliss-reactive ketones (excluding diaryl/α,β-unsaturated/α-hetero) is 2. The maximum atomic E-state index is 13.0. The summed E-state index contributed by atoms with van der Waals surface area (Å²) in [6, 6.07) is 4.02. The first-order chi connectivity index (χ1) is 13.6. The summed E-state index contributed by atoms with van der Waals surface area (Å²) < 4.78 is 1.38. The highest BCUT2D eigenvalue weighted by Gasteiger charge is 2.42. The van der Waals surface area contributed by atoms with Crippen LogP contribution in [0.1, 0.15) is 52.8 Å². The molecule has 0 bridgehead atoms. The molecule has 0 saturated heterocycles. The second-order valence-corrected chi connectivity index (χ2v) is 8.50. The van der Waals surface area contributed by atoms with Crippen molar-refractivity contribution < 1.29 is 14.7 Å². The molecule has 1 aliphatic rings. The molecule has 29 heavy (non-hydrogen) atoms. The summed E-state index contributed by atoms with van der Waals surface area (Å²) >= 11 is 12.1. The molecule has 3 unspecified atom stereocenters. The van der Waals surface area contributed by atoms with E-state index in [-0.39, 0.29) is 34.2 Å². The highest BCUT2D eigenvalue weighted by Crippen LogP contribution is 2.37. The van der Waals surface area contributed by atoms with E-state index in [1.165, 1.54) is 4.68 Å². The number of benzene rings is 1. The van der Waals surface area contributed by atoms with Gasteiger partial charge in [-0.2, -0.15) is 5.10 Å². The number of aliphatic hydroxyl groups is 1. The molecule has 1 fully saturated rings. The van der Waals surface area contributed by atoms with Crippen LogP contribution in [-0.4, -0.2) is 33.0 Å². The topological polar surface area (TPSA) is 84.2 Å². The van der Waals surface area contributed by atoms with Crippen molar-refractivity contribution in [1.82, 2.24) is 15.1 Å². The second kappa shape index (κ2) is 8.56. The van der Waals surface area contributed by atoms with Gasteiger partial charge in [-0.1, -0.05) is 40.9 Å². The summed E-state index contributed by atoms with van der Waals surface area (Å²) in [6.07, 6.45) is -0.437. The van der Waals surface area contributed by atoms with Gasteiger partial charge in [-0.15, -0.1) is 0 Å². The van der Waals surface area contributed by atoms with Crippen LogP contribution in [0, 0.1) is 26.7 Å². The van der Waals surface area contributed by atoms with Crippen LogP contribution in [0.25, 0.3) is 0 Å². The Kier molecular flexibility index (Phi) is 6.48. The van der Waals surface area contributed by atoms with Crippen molar-refractivity contribution in [3.8, 4) is 0 Å². The van der Waals surface area contributed by atoms with Gasteiger partial charge in [0.25, 0.3) is 0 Å². The minimum absolute atomic E-state index is 0.0334. The van der Waals surface area contributed by atoms with Gasteiger partial charge in [0.2, 0.25) is 0 Å². The fourth-order valence-electron chi connectivity index (χ4n) is 4.26. The van der Waals surface area contributed by atoms with E-state index in [0.717, 1.165) is 22.3 Å². The third-order valence-electron chi connectivity index (χ3n) is 5.55. The van der Waals surface area contributed by atoms with Crippen LogP contribution in [0.5, 0.6) is 0 Å². The lowest BCUT2D eigenvalue weighted by atomic mass is 9.86.